The first kappa shape index (κ1) is 26.0. The van der Waals surface area contributed by atoms with Crippen LogP contribution in [-0.4, -0.2) is 62.1 Å². The Morgan fingerprint density at radius 1 is 0.786 bits per heavy atom. The molecule has 0 aliphatic rings. The molecule has 3 amide bonds. The Hall–Kier alpha value is -1.97. The number of carbonyl (C=O) groups is 4. The lowest BCUT2D eigenvalue weighted by Gasteiger charge is -2.27. The minimum absolute atomic E-state index is 0.112. The molecule has 162 valence electrons. The molecule has 0 bridgehead atoms. The van der Waals surface area contributed by atoms with Crippen molar-refractivity contribution < 1.29 is 27.6 Å². The fraction of sp³-hybridized carbons (Fsp3) is 0.778. The lowest BCUT2D eigenvalue weighted by atomic mass is 9.98. The zero-order valence-electron chi connectivity index (χ0n) is 17.7. The number of hydrogen-bond donors (Lipinski definition) is 3. The Morgan fingerprint density at radius 3 is 1.61 bits per heavy atom. The Labute approximate surface area is 167 Å². The van der Waals surface area contributed by atoms with Crippen LogP contribution < -0.4 is 16.0 Å². The molecule has 0 saturated heterocycles. The summed E-state index contributed by atoms with van der Waals surface area (Å²) in [6.07, 6.45) is 0.923. The van der Waals surface area contributed by atoms with E-state index in [1.807, 2.05) is 0 Å². The summed E-state index contributed by atoms with van der Waals surface area (Å²) in [7, 11) is -3.33. The zero-order chi connectivity index (χ0) is 22.2. The second kappa shape index (κ2) is 11.1. The van der Waals surface area contributed by atoms with Gasteiger partial charge in [-0.15, -0.1) is 0 Å². The molecule has 3 unspecified atom stereocenters. The first-order valence-corrected chi connectivity index (χ1v) is 11.3. The second-order valence-electron chi connectivity index (χ2n) is 7.74. The molecule has 0 aliphatic heterocycles. The van der Waals surface area contributed by atoms with Crippen molar-refractivity contribution in [1.29, 1.82) is 0 Å². The lowest BCUT2D eigenvalue weighted by Crippen LogP contribution is -2.58. The molecule has 28 heavy (non-hydrogen) atoms. The molecule has 10 heteroatoms. The topological polar surface area (TPSA) is 139 Å². The Balaban J connectivity index is 5.34. The third-order valence-electron chi connectivity index (χ3n) is 4.12. The van der Waals surface area contributed by atoms with E-state index in [4.69, 9.17) is 0 Å². The van der Waals surface area contributed by atoms with E-state index in [9.17, 15) is 27.6 Å². The normalized spacial score (nSPS) is 14.9. The van der Waals surface area contributed by atoms with Gasteiger partial charge in [0, 0.05) is 13.2 Å². The predicted octanol–water partition coefficient (Wildman–Crippen LogP) is -0.204. The fourth-order valence-corrected chi connectivity index (χ4v) is 3.28. The summed E-state index contributed by atoms with van der Waals surface area (Å²) < 4.78 is 22.8. The molecule has 0 radical (unpaired) electrons. The van der Waals surface area contributed by atoms with Crippen molar-refractivity contribution in [3.05, 3.63) is 0 Å². The van der Waals surface area contributed by atoms with Crippen molar-refractivity contribution in [2.45, 2.75) is 66.1 Å². The largest absolute Gasteiger partial charge is 0.345 e. The summed E-state index contributed by atoms with van der Waals surface area (Å²) in [6.45, 7) is 9.65. The van der Waals surface area contributed by atoms with Gasteiger partial charge in [0.1, 0.15) is 21.9 Å². The highest BCUT2D eigenvalue weighted by atomic mass is 32.2. The molecule has 0 aromatic heterocycles. The maximum absolute atomic E-state index is 12.6. The monoisotopic (exact) mass is 419 g/mol. The fourth-order valence-electron chi connectivity index (χ4n) is 2.62. The SMILES string of the molecule is CC(=O)NC(CCS(C)(=O)=O)C(=O)NC(C(=O)NC(C(C)=O)C(C)C)C(C)C. The van der Waals surface area contributed by atoms with E-state index in [2.05, 4.69) is 16.0 Å². The third kappa shape index (κ3) is 9.82. The zero-order valence-corrected chi connectivity index (χ0v) is 18.5. The molecule has 0 spiro atoms. The summed E-state index contributed by atoms with van der Waals surface area (Å²) in [5.74, 6) is -2.55. The highest BCUT2D eigenvalue weighted by Gasteiger charge is 2.31. The first-order valence-electron chi connectivity index (χ1n) is 9.21. The van der Waals surface area contributed by atoms with Crippen LogP contribution in [0, 0.1) is 11.8 Å². The van der Waals surface area contributed by atoms with Gasteiger partial charge >= 0.3 is 0 Å². The molecule has 0 aliphatic carbocycles. The maximum atomic E-state index is 12.6. The van der Waals surface area contributed by atoms with E-state index < -0.39 is 45.7 Å². The van der Waals surface area contributed by atoms with Crippen LogP contribution in [-0.2, 0) is 29.0 Å². The van der Waals surface area contributed by atoms with Crippen molar-refractivity contribution in [2.75, 3.05) is 12.0 Å². The summed E-state index contributed by atoms with van der Waals surface area (Å²) in [5.41, 5.74) is 0. The second-order valence-corrected chi connectivity index (χ2v) is 10.0. The van der Waals surface area contributed by atoms with Crippen LogP contribution >= 0.6 is 0 Å². The van der Waals surface area contributed by atoms with E-state index in [1.165, 1.54) is 13.8 Å². The van der Waals surface area contributed by atoms with Crippen molar-refractivity contribution in [3.8, 4) is 0 Å². The van der Waals surface area contributed by atoms with Gasteiger partial charge in [0.25, 0.3) is 0 Å². The average molecular weight is 420 g/mol. The third-order valence-corrected chi connectivity index (χ3v) is 5.10. The van der Waals surface area contributed by atoms with Gasteiger partial charge in [-0.2, -0.15) is 0 Å². The maximum Gasteiger partial charge on any atom is 0.243 e. The summed E-state index contributed by atoms with van der Waals surface area (Å²) in [5, 5.41) is 7.63. The van der Waals surface area contributed by atoms with Gasteiger partial charge in [0.05, 0.1) is 11.8 Å². The Kier molecular flexibility index (Phi) is 10.4. The minimum atomic E-state index is -3.33. The number of sulfone groups is 1. The smallest absolute Gasteiger partial charge is 0.243 e. The quantitative estimate of drug-likeness (QED) is 0.424. The number of carbonyl (C=O) groups excluding carboxylic acids is 4. The first-order chi connectivity index (χ1) is 12.7. The van der Waals surface area contributed by atoms with E-state index >= 15 is 0 Å². The van der Waals surface area contributed by atoms with E-state index in [1.54, 1.807) is 27.7 Å². The number of ketones is 1. The summed E-state index contributed by atoms with van der Waals surface area (Å²) in [6, 6.07) is -2.71. The van der Waals surface area contributed by atoms with E-state index in [0.717, 1.165) is 6.26 Å². The summed E-state index contributed by atoms with van der Waals surface area (Å²) >= 11 is 0. The van der Waals surface area contributed by atoms with Crippen LogP contribution in [0.5, 0.6) is 0 Å². The van der Waals surface area contributed by atoms with Gasteiger partial charge in [-0.25, -0.2) is 8.42 Å². The van der Waals surface area contributed by atoms with Crippen molar-refractivity contribution in [2.24, 2.45) is 11.8 Å². The van der Waals surface area contributed by atoms with Crippen molar-refractivity contribution >= 4 is 33.3 Å². The average Bonchev–Trinajstić information content (AvgIpc) is 2.51. The van der Waals surface area contributed by atoms with Gasteiger partial charge in [-0.05, 0) is 25.2 Å². The van der Waals surface area contributed by atoms with Crippen LogP contribution in [0.2, 0.25) is 0 Å². The molecule has 0 rings (SSSR count). The number of nitrogens with one attached hydrogen (secondary N) is 3. The molecule has 0 heterocycles. The van der Waals surface area contributed by atoms with Gasteiger partial charge in [0.2, 0.25) is 17.7 Å². The molecule has 3 N–H and O–H groups in total. The molecule has 0 aromatic carbocycles. The standard InChI is InChI=1S/C18H33N3O6S/c1-10(2)15(12(5)22)20-18(25)16(11(3)4)21-17(24)14(19-13(6)23)8-9-28(7,26)27/h10-11,14-16H,8-9H2,1-7H3,(H,19,23)(H,20,25)(H,21,24). The highest BCUT2D eigenvalue weighted by molar-refractivity contribution is 7.90. The molecular formula is C18H33N3O6S. The van der Waals surface area contributed by atoms with Gasteiger partial charge in [-0.1, -0.05) is 27.7 Å². The van der Waals surface area contributed by atoms with E-state index in [-0.39, 0.29) is 29.8 Å². The van der Waals surface area contributed by atoms with Gasteiger partial charge in [0.15, 0.2) is 5.78 Å². The number of Topliss-reactive ketones (excluding diaryl/α,β-unsaturated/α-hetero) is 1. The highest BCUT2D eigenvalue weighted by Crippen LogP contribution is 2.08. The van der Waals surface area contributed by atoms with E-state index in [0.29, 0.717) is 0 Å². The predicted molar refractivity (Wildman–Crippen MR) is 106 cm³/mol. The molecule has 3 atom stereocenters. The number of amides is 3. The van der Waals surface area contributed by atoms with Crippen LogP contribution in [0.15, 0.2) is 0 Å². The van der Waals surface area contributed by atoms with Crippen LogP contribution in [0.1, 0.15) is 48.0 Å². The molecule has 0 saturated carbocycles. The minimum Gasteiger partial charge on any atom is -0.345 e. The van der Waals surface area contributed by atoms with Gasteiger partial charge < -0.3 is 16.0 Å². The molecule has 0 fully saturated rings. The van der Waals surface area contributed by atoms with Gasteiger partial charge in [-0.3, -0.25) is 19.2 Å². The van der Waals surface area contributed by atoms with Crippen LogP contribution in [0.25, 0.3) is 0 Å². The molecular weight excluding hydrogens is 386 g/mol. The number of hydrogen-bond acceptors (Lipinski definition) is 6. The lowest BCUT2D eigenvalue weighted by molar-refractivity contribution is -0.134. The van der Waals surface area contributed by atoms with Crippen molar-refractivity contribution in [3.63, 3.8) is 0 Å². The number of rotatable bonds is 11. The summed E-state index contributed by atoms with van der Waals surface area (Å²) in [4.78, 5) is 48.4. The molecule has 9 nitrogen and oxygen atoms in total. The Bertz CT molecular complexity index is 687. The van der Waals surface area contributed by atoms with Crippen LogP contribution in [0.3, 0.4) is 0 Å². The van der Waals surface area contributed by atoms with Crippen molar-refractivity contribution in [1.82, 2.24) is 16.0 Å². The molecule has 0 aromatic rings. The Morgan fingerprint density at radius 2 is 1.25 bits per heavy atom. The van der Waals surface area contributed by atoms with Crippen LogP contribution in [0.4, 0.5) is 0 Å².